The Kier molecular flexibility index (Phi) is 5.73. The van der Waals surface area contributed by atoms with Crippen molar-refractivity contribution in [3.8, 4) is 0 Å². The van der Waals surface area contributed by atoms with Gasteiger partial charge in [0, 0.05) is 17.1 Å². The van der Waals surface area contributed by atoms with Crippen molar-refractivity contribution in [2.75, 3.05) is 5.75 Å². The molecule has 2 N–H and O–H groups in total. The third kappa shape index (κ3) is 4.22. The van der Waals surface area contributed by atoms with Crippen LogP contribution in [0.15, 0.2) is 23.2 Å². The standard InChI is InChI=1S/C12H20N2S/c1-3-5-8-15-10-6-7-12(14-9-10)11(13)4-2/h6-7,9,11H,3-5,8,13H2,1-2H3/t11-/m0/s1. The van der Waals surface area contributed by atoms with Crippen molar-refractivity contribution < 1.29 is 0 Å². The maximum atomic E-state index is 5.90. The summed E-state index contributed by atoms with van der Waals surface area (Å²) < 4.78 is 0. The van der Waals surface area contributed by atoms with Gasteiger partial charge in [-0.1, -0.05) is 20.3 Å². The lowest BCUT2D eigenvalue weighted by molar-refractivity contribution is 0.674. The Balaban J connectivity index is 2.49. The number of hydrogen-bond acceptors (Lipinski definition) is 3. The van der Waals surface area contributed by atoms with Gasteiger partial charge in [-0.15, -0.1) is 11.8 Å². The summed E-state index contributed by atoms with van der Waals surface area (Å²) >= 11 is 1.87. The molecule has 1 heterocycles. The van der Waals surface area contributed by atoms with Crippen LogP contribution in [0.2, 0.25) is 0 Å². The highest BCUT2D eigenvalue weighted by molar-refractivity contribution is 7.99. The quantitative estimate of drug-likeness (QED) is 0.594. The molecular weight excluding hydrogens is 204 g/mol. The van der Waals surface area contributed by atoms with E-state index in [0.717, 1.165) is 12.1 Å². The predicted molar refractivity (Wildman–Crippen MR) is 67.1 cm³/mol. The van der Waals surface area contributed by atoms with Gasteiger partial charge in [-0.3, -0.25) is 4.98 Å². The van der Waals surface area contributed by atoms with Gasteiger partial charge in [-0.25, -0.2) is 0 Å². The molecule has 0 aromatic carbocycles. The molecule has 0 bridgehead atoms. The second kappa shape index (κ2) is 6.85. The maximum absolute atomic E-state index is 5.90. The molecule has 2 nitrogen and oxygen atoms in total. The zero-order valence-corrected chi connectivity index (χ0v) is 10.4. The SMILES string of the molecule is CCCCSc1ccc([C@@H](N)CC)nc1. The molecule has 0 amide bonds. The molecule has 1 aromatic heterocycles. The van der Waals surface area contributed by atoms with Crippen molar-refractivity contribution in [2.45, 2.75) is 44.0 Å². The Hall–Kier alpha value is -0.540. The van der Waals surface area contributed by atoms with Crippen molar-refractivity contribution in [1.29, 1.82) is 0 Å². The number of rotatable bonds is 6. The van der Waals surface area contributed by atoms with Gasteiger partial charge in [0.05, 0.1) is 5.69 Å². The molecule has 3 heteroatoms. The smallest absolute Gasteiger partial charge is 0.0571 e. The third-order valence-electron chi connectivity index (χ3n) is 2.35. The Bertz CT molecular complexity index is 271. The minimum absolute atomic E-state index is 0.0830. The van der Waals surface area contributed by atoms with Gasteiger partial charge in [-0.05, 0) is 30.7 Å². The fourth-order valence-corrected chi connectivity index (χ4v) is 2.20. The van der Waals surface area contributed by atoms with Gasteiger partial charge in [0.1, 0.15) is 0 Å². The molecule has 0 radical (unpaired) electrons. The van der Waals surface area contributed by atoms with Crippen LogP contribution in [0.3, 0.4) is 0 Å². The van der Waals surface area contributed by atoms with Crippen LogP contribution < -0.4 is 5.73 Å². The minimum atomic E-state index is 0.0830. The van der Waals surface area contributed by atoms with Crippen LogP contribution in [0.4, 0.5) is 0 Å². The first-order valence-corrected chi connectivity index (χ1v) is 6.60. The van der Waals surface area contributed by atoms with Crippen LogP contribution in [0, 0.1) is 0 Å². The Labute approximate surface area is 96.7 Å². The highest BCUT2D eigenvalue weighted by atomic mass is 32.2. The van der Waals surface area contributed by atoms with Crippen LogP contribution >= 0.6 is 11.8 Å². The summed E-state index contributed by atoms with van der Waals surface area (Å²) in [6.07, 6.45) is 5.39. The van der Waals surface area contributed by atoms with Crippen molar-refractivity contribution in [3.05, 3.63) is 24.0 Å². The molecular formula is C12H20N2S. The van der Waals surface area contributed by atoms with Crippen molar-refractivity contribution in [1.82, 2.24) is 4.98 Å². The van der Waals surface area contributed by atoms with E-state index in [-0.39, 0.29) is 6.04 Å². The van der Waals surface area contributed by atoms with Crippen LogP contribution in [0.25, 0.3) is 0 Å². The monoisotopic (exact) mass is 224 g/mol. The molecule has 0 unspecified atom stereocenters. The number of nitrogens with two attached hydrogens (primary N) is 1. The Morgan fingerprint density at radius 3 is 2.73 bits per heavy atom. The van der Waals surface area contributed by atoms with Gasteiger partial charge < -0.3 is 5.73 Å². The van der Waals surface area contributed by atoms with Gasteiger partial charge in [-0.2, -0.15) is 0 Å². The van der Waals surface area contributed by atoms with Gasteiger partial charge in [0.2, 0.25) is 0 Å². The molecule has 0 aliphatic heterocycles. The Morgan fingerprint density at radius 1 is 1.40 bits per heavy atom. The lowest BCUT2D eigenvalue weighted by Crippen LogP contribution is -2.10. The van der Waals surface area contributed by atoms with Crippen molar-refractivity contribution in [2.24, 2.45) is 5.73 Å². The number of nitrogens with zero attached hydrogens (tertiary/aromatic N) is 1. The topological polar surface area (TPSA) is 38.9 Å². The van der Waals surface area contributed by atoms with E-state index in [1.54, 1.807) is 0 Å². The van der Waals surface area contributed by atoms with E-state index in [2.05, 4.69) is 24.9 Å². The number of thioether (sulfide) groups is 1. The summed E-state index contributed by atoms with van der Waals surface area (Å²) in [7, 11) is 0. The first-order chi connectivity index (χ1) is 7.27. The van der Waals surface area contributed by atoms with E-state index in [9.17, 15) is 0 Å². The normalized spacial score (nSPS) is 12.7. The summed E-state index contributed by atoms with van der Waals surface area (Å²) in [4.78, 5) is 5.63. The summed E-state index contributed by atoms with van der Waals surface area (Å²) in [5.74, 6) is 1.18. The first kappa shape index (κ1) is 12.5. The molecule has 1 aromatic rings. The number of aromatic nitrogens is 1. The summed E-state index contributed by atoms with van der Waals surface area (Å²) in [6.45, 7) is 4.29. The van der Waals surface area contributed by atoms with Crippen LogP contribution in [0.1, 0.15) is 44.8 Å². The molecule has 15 heavy (non-hydrogen) atoms. The number of hydrogen-bond donors (Lipinski definition) is 1. The van der Waals surface area contributed by atoms with Crippen molar-refractivity contribution in [3.63, 3.8) is 0 Å². The molecule has 0 spiro atoms. The number of pyridine rings is 1. The predicted octanol–water partition coefficient (Wildman–Crippen LogP) is 3.38. The molecule has 0 aliphatic rings. The first-order valence-electron chi connectivity index (χ1n) is 5.62. The van der Waals surface area contributed by atoms with E-state index in [1.807, 2.05) is 24.0 Å². The average molecular weight is 224 g/mol. The largest absolute Gasteiger partial charge is 0.323 e. The van der Waals surface area contributed by atoms with Crippen LogP contribution in [-0.2, 0) is 0 Å². The zero-order chi connectivity index (χ0) is 11.1. The molecule has 84 valence electrons. The minimum Gasteiger partial charge on any atom is -0.323 e. The van der Waals surface area contributed by atoms with E-state index >= 15 is 0 Å². The fourth-order valence-electron chi connectivity index (χ4n) is 1.24. The van der Waals surface area contributed by atoms with E-state index < -0.39 is 0 Å². The summed E-state index contributed by atoms with van der Waals surface area (Å²) in [5, 5.41) is 0. The lowest BCUT2D eigenvalue weighted by atomic mass is 10.1. The van der Waals surface area contributed by atoms with E-state index in [4.69, 9.17) is 5.73 Å². The summed E-state index contributed by atoms with van der Waals surface area (Å²) in [5.41, 5.74) is 6.89. The molecule has 0 fully saturated rings. The summed E-state index contributed by atoms with van der Waals surface area (Å²) in [6, 6.07) is 4.25. The van der Waals surface area contributed by atoms with Gasteiger partial charge in [0.25, 0.3) is 0 Å². The second-order valence-electron chi connectivity index (χ2n) is 3.64. The molecule has 1 atom stereocenters. The van der Waals surface area contributed by atoms with Crippen molar-refractivity contribution >= 4 is 11.8 Å². The van der Waals surface area contributed by atoms with E-state index in [1.165, 1.54) is 23.5 Å². The maximum Gasteiger partial charge on any atom is 0.0571 e. The Morgan fingerprint density at radius 2 is 2.20 bits per heavy atom. The molecule has 0 aliphatic carbocycles. The fraction of sp³-hybridized carbons (Fsp3) is 0.583. The highest BCUT2D eigenvalue weighted by Gasteiger charge is 2.04. The molecule has 1 rings (SSSR count). The third-order valence-corrected chi connectivity index (χ3v) is 3.41. The zero-order valence-electron chi connectivity index (χ0n) is 9.57. The second-order valence-corrected chi connectivity index (χ2v) is 4.80. The lowest BCUT2D eigenvalue weighted by Gasteiger charge is -2.08. The molecule has 0 saturated carbocycles. The molecule has 0 saturated heterocycles. The van der Waals surface area contributed by atoms with Gasteiger partial charge in [0.15, 0.2) is 0 Å². The average Bonchev–Trinajstić information content (AvgIpc) is 2.29. The van der Waals surface area contributed by atoms with Gasteiger partial charge >= 0.3 is 0 Å². The highest BCUT2D eigenvalue weighted by Crippen LogP contribution is 2.20. The van der Waals surface area contributed by atoms with E-state index in [0.29, 0.717) is 0 Å². The number of unbranched alkanes of at least 4 members (excludes halogenated alkanes) is 1. The van der Waals surface area contributed by atoms with Crippen LogP contribution in [0.5, 0.6) is 0 Å². The van der Waals surface area contributed by atoms with Crippen LogP contribution in [-0.4, -0.2) is 10.7 Å².